The maximum Gasteiger partial charge on any atom is 0.307 e. The zero-order valence-corrected chi connectivity index (χ0v) is 13.4. The highest BCUT2D eigenvalue weighted by molar-refractivity contribution is 6.33. The summed E-state index contributed by atoms with van der Waals surface area (Å²) in [6.45, 7) is 3.47. The molecule has 0 aliphatic carbocycles. The van der Waals surface area contributed by atoms with Gasteiger partial charge in [-0.05, 0) is 19.8 Å². The van der Waals surface area contributed by atoms with Crippen LogP contribution in [0, 0.1) is 0 Å². The molecule has 0 bridgehead atoms. The van der Waals surface area contributed by atoms with Gasteiger partial charge in [-0.3, -0.25) is 9.59 Å². The predicted octanol–water partition coefficient (Wildman–Crippen LogP) is 1.41. The maximum absolute atomic E-state index is 12.3. The molecule has 2 heterocycles. The Morgan fingerprint density at radius 3 is 2.77 bits per heavy atom. The highest BCUT2D eigenvalue weighted by Gasteiger charge is 2.21. The van der Waals surface area contributed by atoms with Crippen molar-refractivity contribution in [3.8, 4) is 0 Å². The lowest BCUT2D eigenvalue weighted by atomic mass is 10.2. The fourth-order valence-electron chi connectivity index (χ4n) is 2.26. The number of hydrogen-bond donors (Lipinski definition) is 1. The first kappa shape index (κ1) is 16.5. The number of esters is 1. The average Bonchev–Trinajstić information content (AvgIpc) is 3.01. The molecule has 1 atom stereocenters. The molecule has 120 valence electrons. The van der Waals surface area contributed by atoms with E-state index in [2.05, 4.69) is 20.0 Å². The highest BCUT2D eigenvalue weighted by Crippen LogP contribution is 2.19. The summed E-state index contributed by atoms with van der Waals surface area (Å²) >= 11 is 6.02. The summed E-state index contributed by atoms with van der Waals surface area (Å²) in [5.41, 5.74) is 0.121. The number of aromatic nitrogens is 2. The minimum Gasteiger partial charge on any atom is -0.469 e. The number of anilines is 1. The molecule has 1 N–H and O–H groups in total. The standard InChI is InChI=1S/C14H19ClN4O3/c1-9(7-11(20)22-2)17-13(21)12-10(15)8-16-14(18-12)19-5-3-4-6-19/h8-9H,3-7H2,1-2H3,(H,17,21)/t9-/m0/s1. The number of nitrogens with zero attached hydrogens (tertiary/aromatic N) is 3. The summed E-state index contributed by atoms with van der Waals surface area (Å²) in [7, 11) is 1.31. The zero-order chi connectivity index (χ0) is 16.1. The van der Waals surface area contributed by atoms with Crippen LogP contribution in [0.5, 0.6) is 0 Å². The van der Waals surface area contributed by atoms with Gasteiger partial charge in [-0.15, -0.1) is 0 Å². The van der Waals surface area contributed by atoms with Crippen molar-refractivity contribution in [2.45, 2.75) is 32.2 Å². The normalized spacial score (nSPS) is 15.5. The smallest absolute Gasteiger partial charge is 0.307 e. The van der Waals surface area contributed by atoms with Gasteiger partial charge in [0.25, 0.3) is 5.91 Å². The molecule has 0 aromatic carbocycles. The fraction of sp³-hybridized carbons (Fsp3) is 0.571. The van der Waals surface area contributed by atoms with Crippen LogP contribution >= 0.6 is 11.6 Å². The number of nitrogens with one attached hydrogen (secondary N) is 1. The molecule has 0 saturated carbocycles. The Labute approximate surface area is 134 Å². The molecule has 1 aliphatic rings. The lowest BCUT2D eigenvalue weighted by Crippen LogP contribution is -2.35. The zero-order valence-electron chi connectivity index (χ0n) is 12.6. The van der Waals surface area contributed by atoms with Gasteiger partial charge in [-0.1, -0.05) is 11.6 Å². The van der Waals surface area contributed by atoms with Gasteiger partial charge in [-0.25, -0.2) is 9.97 Å². The minimum absolute atomic E-state index is 0.0872. The first-order valence-corrected chi connectivity index (χ1v) is 7.54. The lowest BCUT2D eigenvalue weighted by molar-refractivity contribution is -0.141. The summed E-state index contributed by atoms with van der Waals surface area (Å²) in [4.78, 5) is 33.9. The van der Waals surface area contributed by atoms with E-state index in [9.17, 15) is 9.59 Å². The first-order valence-electron chi connectivity index (χ1n) is 7.16. The van der Waals surface area contributed by atoms with E-state index in [0.29, 0.717) is 5.95 Å². The van der Waals surface area contributed by atoms with Crippen LogP contribution < -0.4 is 10.2 Å². The van der Waals surface area contributed by atoms with Crippen LogP contribution in [-0.2, 0) is 9.53 Å². The quantitative estimate of drug-likeness (QED) is 0.824. The van der Waals surface area contributed by atoms with Crippen molar-refractivity contribution in [2.75, 3.05) is 25.1 Å². The molecule has 1 aliphatic heterocycles. The maximum atomic E-state index is 12.3. The Morgan fingerprint density at radius 1 is 1.45 bits per heavy atom. The van der Waals surface area contributed by atoms with Crippen LogP contribution in [0.1, 0.15) is 36.7 Å². The van der Waals surface area contributed by atoms with Crippen molar-refractivity contribution in [1.29, 1.82) is 0 Å². The molecule has 0 unspecified atom stereocenters. The molecule has 2 rings (SSSR count). The number of halogens is 1. The average molecular weight is 327 g/mol. The van der Waals surface area contributed by atoms with Gasteiger partial charge < -0.3 is 15.0 Å². The third-order valence-electron chi connectivity index (χ3n) is 3.41. The van der Waals surface area contributed by atoms with Crippen LogP contribution in [0.4, 0.5) is 5.95 Å². The molecule has 0 spiro atoms. The number of ether oxygens (including phenoxy) is 1. The first-order chi connectivity index (χ1) is 10.5. The van der Waals surface area contributed by atoms with E-state index in [1.165, 1.54) is 13.3 Å². The predicted molar refractivity (Wildman–Crippen MR) is 82.1 cm³/mol. The van der Waals surface area contributed by atoms with Crippen molar-refractivity contribution in [1.82, 2.24) is 15.3 Å². The van der Waals surface area contributed by atoms with Gasteiger partial charge in [0.1, 0.15) is 0 Å². The molecule has 1 aromatic rings. The number of hydrogen-bond acceptors (Lipinski definition) is 6. The van der Waals surface area contributed by atoms with E-state index in [1.807, 2.05) is 4.90 Å². The molecular formula is C14H19ClN4O3. The minimum atomic E-state index is -0.427. The van der Waals surface area contributed by atoms with Gasteiger partial charge in [0.15, 0.2) is 5.69 Å². The number of amides is 1. The van der Waals surface area contributed by atoms with E-state index >= 15 is 0 Å². The van der Waals surface area contributed by atoms with Crippen molar-refractivity contribution < 1.29 is 14.3 Å². The number of methoxy groups -OCH3 is 1. The van der Waals surface area contributed by atoms with Crippen LogP contribution in [0.3, 0.4) is 0 Å². The van der Waals surface area contributed by atoms with E-state index in [-0.39, 0.29) is 29.1 Å². The molecule has 1 amide bonds. The molecule has 7 nitrogen and oxygen atoms in total. The summed E-state index contributed by atoms with van der Waals surface area (Å²) < 4.78 is 4.57. The summed E-state index contributed by atoms with van der Waals surface area (Å²) in [5, 5.41) is 2.87. The second kappa shape index (κ2) is 7.40. The Balaban J connectivity index is 2.08. The van der Waals surface area contributed by atoms with Gasteiger partial charge in [0.05, 0.1) is 24.8 Å². The SMILES string of the molecule is COC(=O)C[C@H](C)NC(=O)c1nc(N2CCCC2)ncc1Cl. The van der Waals surface area contributed by atoms with Gasteiger partial charge in [-0.2, -0.15) is 0 Å². The molecule has 1 aromatic heterocycles. The Hall–Kier alpha value is -1.89. The van der Waals surface area contributed by atoms with E-state index in [4.69, 9.17) is 11.6 Å². The van der Waals surface area contributed by atoms with Crippen LogP contribution in [-0.4, -0.2) is 48.1 Å². The van der Waals surface area contributed by atoms with Crippen LogP contribution in [0.2, 0.25) is 5.02 Å². The topological polar surface area (TPSA) is 84.4 Å². The molecule has 0 radical (unpaired) electrons. The van der Waals surface area contributed by atoms with Crippen molar-refractivity contribution in [2.24, 2.45) is 0 Å². The van der Waals surface area contributed by atoms with Crippen LogP contribution in [0.15, 0.2) is 6.20 Å². The number of rotatable bonds is 5. The largest absolute Gasteiger partial charge is 0.469 e. The summed E-state index contributed by atoms with van der Waals surface area (Å²) in [6, 6.07) is -0.374. The Kier molecular flexibility index (Phi) is 5.54. The second-order valence-corrected chi connectivity index (χ2v) is 5.62. The summed E-state index contributed by atoms with van der Waals surface area (Å²) in [6.07, 6.45) is 3.69. The molecule has 22 heavy (non-hydrogen) atoms. The molecule has 8 heteroatoms. The van der Waals surface area contributed by atoms with Crippen molar-refractivity contribution in [3.63, 3.8) is 0 Å². The van der Waals surface area contributed by atoms with Crippen molar-refractivity contribution >= 4 is 29.4 Å². The highest BCUT2D eigenvalue weighted by atomic mass is 35.5. The monoisotopic (exact) mass is 326 g/mol. The van der Waals surface area contributed by atoms with E-state index < -0.39 is 5.91 Å². The number of carbonyl (C=O) groups is 2. The third-order valence-corrected chi connectivity index (χ3v) is 3.69. The van der Waals surface area contributed by atoms with Crippen LogP contribution in [0.25, 0.3) is 0 Å². The summed E-state index contributed by atoms with van der Waals surface area (Å²) in [5.74, 6) is -0.309. The Bertz CT molecular complexity index is 561. The van der Waals surface area contributed by atoms with Gasteiger partial charge in [0, 0.05) is 19.1 Å². The van der Waals surface area contributed by atoms with Gasteiger partial charge in [0.2, 0.25) is 5.95 Å². The molecule has 1 saturated heterocycles. The lowest BCUT2D eigenvalue weighted by Gasteiger charge is -2.17. The number of carbonyl (C=O) groups excluding carboxylic acids is 2. The molecular weight excluding hydrogens is 308 g/mol. The second-order valence-electron chi connectivity index (χ2n) is 5.22. The van der Waals surface area contributed by atoms with E-state index in [0.717, 1.165) is 25.9 Å². The third kappa shape index (κ3) is 4.07. The Morgan fingerprint density at radius 2 is 2.14 bits per heavy atom. The van der Waals surface area contributed by atoms with Crippen molar-refractivity contribution in [3.05, 3.63) is 16.9 Å². The molecule has 1 fully saturated rings. The van der Waals surface area contributed by atoms with E-state index in [1.54, 1.807) is 6.92 Å². The van der Waals surface area contributed by atoms with Gasteiger partial charge >= 0.3 is 5.97 Å². The fourth-order valence-corrected chi connectivity index (χ4v) is 2.44.